The molecule has 2 rings (SSSR count). The van der Waals surface area contributed by atoms with Gasteiger partial charge in [0.05, 0.1) is 12.3 Å². The molecule has 0 radical (unpaired) electrons. The van der Waals surface area contributed by atoms with Crippen molar-refractivity contribution in [3.63, 3.8) is 0 Å². The van der Waals surface area contributed by atoms with Crippen molar-refractivity contribution in [3.8, 4) is 11.9 Å². The predicted octanol–water partition coefficient (Wildman–Crippen LogP) is 3.59. The smallest absolute Gasteiger partial charge is 0.181 e. The molecule has 0 fully saturated rings. The molecule has 0 saturated carbocycles. The minimum absolute atomic E-state index is 0.638. The number of anilines is 1. The molecular weight excluding hydrogens is 236 g/mol. The largest absolute Gasteiger partial charge is 0.491 e. The van der Waals surface area contributed by atoms with Gasteiger partial charge in [0.2, 0.25) is 0 Å². The van der Waals surface area contributed by atoms with E-state index in [0.29, 0.717) is 12.3 Å². The lowest BCUT2D eigenvalue weighted by Gasteiger charge is -2.09. The van der Waals surface area contributed by atoms with E-state index in [9.17, 15) is 0 Å². The molecule has 0 aliphatic heterocycles. The second-order valence-corrected chi connectivity index (χ2v) is 4.17. The van der Waals surface area contributed by atoms with Crippen LogP contribution in [-0.4, -0.2) is 6.61 Å². The summed E-state index contributed by atoms with van der Waals surface area (Å²) in [6, 6.07) is 17.8. The first-order chi connectivity index (χ1) is 9.40. The Hall–Kier alpha value is -2.47. The first-order valence-corrected chi connectivity index (χ1v) is 6.31. The fraction of sp³-hybridized carbons (Fsp3) is 0.188. The second-order valence-electron chi connectivity index (χ2n) is 4.17. The third-order valence-corrected chi connectivity index (χ3v) is 2.79. The van der Waals surface area contributed by atoms with Crippen LogP contribution in [0.2, 0.25) is 0 Å². The lowest BCUT2D eigenvalue weighted by atomic mass is 10.1. The van der Waals surface area contributed by atoms with Gasteiger partial charge < -0.3 is 4.74 Å². The van der Waals surface area contributed by atoms with Crippen LogP contribution < -0.4 is 10.1 Å². The number of nitriles is 1. The highest BCUT2D eigenvalue weighted by atomic mass is 16.5. The van der Waals surface area contributed by atoms with E-state index in [0.717, 1.165) is 18.6 Å². The zero-order valence-electron chi connectivity index (χ0n) is 10.7. The molecule has 0 unspecified atom stereocenters. The third kappa shape index (κ3) is 4.04. The molecule has 0 saturated heterocycles. The Labute approximate surface area is 113 Å². The highest BCUT2D eigenvalue weighted by Gasteiger charge is 2.01. The van der Waals surface area contributed by atoms with Gasteiger partial charge in [-0.2, -0.15) is 5.26 Å². The van der Waals surface area contributed by atoms with Gasteiger partial charge in [0, 0.05) is 0 Å². The zero-order valence-corrected chi connectivity index (χ0v) is 10.7. The third-order valence-electron chi connectivity index (χ3n) is 2.79. The van der Waals surface area contributed by atoms with Crippen molar-refractivity contribution in [1.29, 1.82) is 5.26 Å². The van der Waals surface area contributed by atoms with Crippen LogP contribution in [0.25, 0.3) is 0 Å². The molecule has 19 heavy (non-hydrogen) atoms. The molecular formula is C16H16N2O. The van der Waals surface area contributed by atoms with Crippen LogP contribution in [0.4, 0.5) is 5.69 Å². The first kappa shape index (κ1) is 13.0. The summed E-state index contributed by atoms with van der Waals surface area (Å²) in [6.45, 7) is 0.638. The number of benzene rings is 2. The minimum atomic E-state index is 0.638. The Kier molecular flexibility index (Phi) is 4.83. The van der Waals surface area contributed by atoms with Gasteiger partial charge in [-0.3, -0.25) is 5.32 Å². The molecule has 1 N–H and O–H groups in total. The number of nitrogens with zero attached hydrogens (tertiary/aromatic N) is 1. The Bertz CT molecular complexity index is 546. The summed E-state index contributed by atoms with van der Waals surface area (Å²) in [5.74, 6) is 0.720. The lowest BCUT2D eigenvalue weighted by Crippen LogP contribution is -2.01. The van der Waals surface area contributed by atoms with Crippen molar-refractivity contribution in [2.24, 2.45) is 0 Å². The first-order valence-electron chi connectivity index (χ1n) is 6.31. The van der Waals surface area contributed by atoms with Crippen LogP contribution in [0.1, 0.15) is 12.0 Å². The molecule has 0 bridgehead atoms. The van der Waals surface area contributed by atoms with Gasteiger partial charge in [0.25, 0.3) is 0 Å². The molecule has 0 amide bonds. The fourth-order valence-corrected chi connectivity index (χ4v) is 1.86. The van der Waals surface area contributed by atoms with Gasteiger partial charge in [-0.25, -0.2) is 0 Å². The number of rotatable bonds is 6. The zero-order chi connectivity index (χ0) is 13.3. The minimum Gasteiger partial charge on any atom is -0.491 e. The quantitative estimate of drug-likeness (QED) is 0.485. The van der Waals surface area contributed by atoms with Gasteiger partial charge in [0.15, 0.2) is 6.19 Å². The van der Waals surface area contributed by atoms with Crippen molar-refractivity contribution in [1.82, 2.24) is 0 Å². The van der Waals surface area contributed by atoms with E-state index in [1.807, 2.05) is 48.7 Å². The Morgan fingerprint density at radius 1 is 1.00 bits per heavy atom. The fourth-order valence-electron chi connectivity index (χ4n) is 1.86. The molecule has 0 aliphatic rings. The molecule has 0 spiro atoms. The van der Waals surface area contributed by atoms with E-state index in [2.05, 4.69) is 17.4 Å². The standard InChI is InChI=1S/C16H16N2O/c17-13-18-15-10-4-5-11-16(15)19-12-6-9-14-7-2-1-3-8-14/h1-5,7-8,10-11,18H,6,9,12H2. The Morgan fingerprint density at radius 2 is 1.74 bits per heavy atom. The Morgan fingerprint density at radius 3 is 2.53 bits per heavy atom. The van der Waals surface area contributed by atoms with Crippen LogP contribution in [0, 0.1) is 11.5 Å². The molecule has 0 heterocycles. The highest BCUT2D eigenvalue weighted by molar-refractivity contribution is 5.58. The van der Waals surface area contributed by atoms with Crippen LogP contribution in [0.15, 0.2) is 54.6 Å². The Balaban J connectivity index is 1.81. The second kappa shape index (κ2) is 7.07. The summed E-state index contributed by atoms with van der Waals surface area (Å²) in [6.07, 6.45) is 3.85. The molecule has 0 atom stereocenters. The molecule has 96 valence electrons. The maximum Gasteiger partial charge on any atom is 0.181 e. The van der Waals surface area contributed by atoms with E-state index >= 15 is 0 Å². The van der Waals surface area contributed by atoms with E-state index in [4.69, 9.17) is 10.00 Å². The summed E-state index contributed by atoms with van der Waals surface area (Å²) in [5.41, 5.74) is 2.03. The van der Waals surface area contributed by atoms with E-state index < -0.39 is 0 Å². The summed E-state index contributed by atoms with van der Waals surface area (Å²) in [5, 5.41) is 11.3. The molecule has 0 aromatic heterocycles. The topological polar surface area (TPSA) is 45.0 Å². The van der Waals surface area contributed by atoms with Crippen LogP contribution >= 0.6 is 0 Å². The molecule has 3 nitrogen and oxygen atoms in total. The average Bonchev–Trinajstić information content (AvgIpc) is 2.47. The molecule has 3 heteroatoms. The number of hydrogen-bond acceptors (Lipinski definition) is 3. The predicted molar refractivity (Wildman–Crippen MR) is 75.9 cm³/mol. The number of hydrogen-bond donors (Lipinski definition) is 1. The van der Waals surface area contributed by atoms with Crippen LogP contribution in [0.5, 0.6) is 5.75 Å². The van der Waals surface area contributed by atoms with Crippen molar-refractivity contribution in [2.75, 3.05) is 11.9 Å². The summed E-state index contributed by atoms with van der Waals surface area (Å²) in [4.78, 5) is 0. The monoisotopic (exact) mass is 252 g/mol. The van der Waals surface area contributed by atoms with Gasteiger partial charge in [-0.1, -0.05) is 42.5 Å². The van der Waals surface area contributed by atoms with Gasteiger partial charge in [0.1, 0.15) is 5.75 Å². The van der Waals surface area contributed by atoms with E-state index in [1.54, 1.807) is 0 Å². The normalized spacial score (nSPS) is 9.63. The number of para-hydroxylation sites is 2. The molecule has 2 aromatic carbocycles. The van der Waals surface area contributed by atoms with Gasteiger partial charge in [-0.05, 0) is 30.5 Å². The van der Waals surface area contributed by atoms with E-state index in [1.165, 1.54) is 5.56 Å². The van der Waals surface area contributed by atoms with Crippen LogP contribution in [-0.2, 0) is 6.42 Å². The summed E-state index contributed by atoms with van der Waals surface area (Å²) in [7, 11) is 0. The van der Waals surface area contributed by atoms with Gasteiger partial charge >= 0.3 is 0 Å². The van der Waals surface area contributed by atoms with E-state index in [-0.39, 0.29) is 0 Å². The van der Waals surface area contributed by atoms with Crippen molar-refractivity contribution in [2.45, 2.75) is 12.8 Å². The summed E-state index contributed by atoms with van der Waals surface area (Å²) < 4.78 is 5.70. The van der Waals surface area contributed by atoms with Crippen molar-refractivity contribution in [3.05, 3.63) is 60.2 Å². The number of nitrogens with one attached hydrogen (secondary N) is 1. The number of aryl methyl sites for hydroxylation is 1. The molecule has 2 aromatic rings. The molecule has 0 aliphatic carbocycles. The average molecular weight is 252 g/mol. The SMILES string of the molecule is N#CNc1ccccc1OCCCc1ccccc1. The lowest BCUT2D eigenvalue weighted by molar-refractivity contribution is 0.312. The highest BCUT2D eigenvalue weighted by Crippen LogP contribution is 2.23. The van der Waals surface area contributed by atoms with Crippen molar-refractivity contribution < 1.29 is 4.74 Å². The maximum atomic E-state index is 8.65. The van der Waals surface area contributed by atoms with Gasteiger partial charge in [-0.15, -0.1) is 0 Å². The maximum absolute atomic E-state index is 8.65. The number of ether oxygens (including phenoxy) is 1. The van der Waals surface area contributed by atoms with Crippen molar-refractivity contribution >= 4 is 5.69 Å². The van der Waals surface area contributed by atoms with Crippen LogP contribution in [0.3, 0.4) is 0 Å². The summed E-state index contributed by atoms with van der Waals surface area (Å²) >= 11 is 0.